The van der Waals surface area contributed by atoms with Gasteiger partial charge in [-0.1, -0.05) is 6.92 Å². The summed E-state index contributed by atoms with van der Waals surface area (Å²) >= 11 is 5.41. The first-order valence-corrected chi connectivity index (χ1v) is 4.84. The molecule has 0 aromatic rings. The van der Waals surface area contributed by atoms with Gasteiger partial charge in [0.05, 0.1) is 6.04 Å². The topological polar surface area (TPSA) is 43.1 Å². The minimum absolute atomic E-state index is 0.211. The summed E-state index contributed by atoms with van der Waals surface area (Å²) in [5.41, 5.74) is 5.42. The van der Waals surface area contributed by atoms with Gasteiger partial charge >= 0.3 is 0 Å². The van der Waals surface area contributed by atoms with Crippen molar-refractivity contribution in [3.05, 3.63) is 0 Å². The van der Waals surface area contributed by atoms with Gasteiger partial charge in [-0.05, 0) is 17.9 Å². The largest absolute Gasteiger partial charge is 0.321 e. The van der Waals surface area contributed by atoms with Crippen molar-refractivity contribution in [1.82, 2.24) is 0 Å². The van der Waals surface area contributed by atoms with E-state index in [1.807, 2.05) is 0 Å². The van der Waals surface area contributed by atoms with Crippen LogP contribution in [0.15, 0.2) is 0 Å². The van der Waals surface area contributed by atoms with Gasteiger partial charge in [0.2, 0.25) is 5.12 Å². The van der Waals surface area contributed by atoms with E-state index < -0.39 is 0 Å². The average Bonchev–Trinajstić information content (AvgIpc) is 1.88. The van der Waals surface area contributed by atoms with Crippen LogP contribution in [0, 0.1) is 0 Å². The molecule has 0 spiro atoms. The molecule has 4 heteroatoms. The number of hydrogen-bond acceptors (Lipinski definition) is 3. The molecule has 0 bridgehead atoms. The highest BCUT2D eigenvalue weighted by atomic mass is 32.2. The van der Waals surface area contributed by atoms with Gasteiger partial charge in [0, 0.05) is 0 Å². The molecular weight excluding hydrogens is 166 g/mol. The Morgan fingerprint density at radius 2 is 2.40 bits per heavy atom. The van der Waals surface area contributed by atoms with Gasteiger partial charge in [0.1, 0.15) is 0 Å². The molecule has 0 radical (unpaired) electrons. The Kier molecular flexibility index (Phi) is 6.27. The highest BCUT2D eigenvalue weighted by Gasteiger charge is 2.07. The summed E-state index contributed by atoms with van der Waals surface area (Å²) in [5.74, 6) is 2.03. The predicted molar refractivity (Wildman–Crippen MR) is 49.6 cm³/mol. The van der Waals surface area contributed by atoms with Gasteiger partial charge in [0.25, 0.3) is 0 Å². The number of thiol groups is 1. The normalized spacial score (nSPS) is 13.1. The molecule has 0 aliphatic rings. The van der Waals surface area contributed by atoms with Crippen LogP contribution in [0.3, 0.4) is 0 Å². The molecule has 0 unspecified atom stereocenters. The van der Waals surface area contributed by atoms with E-state index in [4.69, 9.17) is 5.73 Å². The zero-order chi connectivity index (χ0) is 7.98. The lowest BCUT2D eigenvalue weighted by molar-refractivity contribution is -0.111. The van der Waals surface area contributed by atoms with E-state index in [9.17, 15) is 4.79 Å². The Labute approximate surface area is 71.3 Å². The number of hydrogen-bond donors (Lipinski definition) is 2. The molecule has 0 fully saturated rings. The monoisotopic (exact) mass is 179 g/mol. The summed E-state index contributed by atoms with van der Waals surface area (Å²) < 4.78 is 0. The lowest BCUT2D eigenvalue weighted by atomic mass is 10.3. The highest BCUT2D eigenvalue weighted by Crippen LogP contribution is 2.03. The molecule has 0 amide bonds. The third-order valence-corrected chi connectivity index (χ3v) is 2.36. The van der Waals surface area contributed by atoms with E-state index in [0.717, 1.165) is 17.9 Å². The van der Waals surface area contributed by atoms with Crippen LogP contribution in [0.2, 0.25) is 0 Å². The van der Waals surface area contributed by atoms with Crippen molar-refractivity contribution in [3.8, 4) is 0 Å². The van der Waals surface area contributed by atoms with E-state index in [-0.39, 0.29) is 11.2 Å². The second kappa shape index (κ2) is 6.07. The van der Waals surface area contributed by atoms with E-state index in [2.05, 4.69) is 19.6 Å². The van der Waals surface area contributed by atoms with E-state index >= 15 is 0 Å². The van der Waals surface area contributed by atoms with Crippen LogP contribution in [0.1, 0.15) is 13.3 Å². The van der Waals surface area contributed by atoms with Crippen molar-refractivity contribution < 1.29 is 4.79 Å². The SMILES string of the molecule is CCSCC[C@H](N)C(=O)S. The lowest BCUT2D eigenvalue weighted by Crippen LogP contribution is -2.27. The third kappa shape index (κ3) is 5.14. The number of rotatable bonds is 5. The van der Waals surface area contributed by atoms with Crippen molar-refractivity contribution in [1.29, 1.82) is 0 Å². The van der Waals surface area contributed by atoms with Crippen molar-refractivity contribution in [2.75, 3.05) is 11.5 Å². The number of carbonyl (C=O) groups is 1. The van der Waals surface area contributed by atoms with Crippen LogP contribution in [-0.2, 0) is 4.79 Å². The van der Waals surface area contributed by atoms with Crippen molar-refractivity contribution in [2.45, 2.75) is 19.4 Å². The lowest BCUT2D eigenvalue weighted by Gasteiger charge is -2.04. The Morgan fingerprint density at radius 3 is 2.80 bits per heavy atom. The second-order valence-electron chi connectivity index (χ2n) is 1.93. The summed E-state index contributed by atoms with van der Waals surface area (Å²) in [6, 6.07) is -0.373. The Balaban J connectivity index is 3.21. The summed E-state index contributed by atoms with van der Waals surface area (Å²) in [6.07, 6.45) is 0.737. The number of nitrogens with two attached hydrogens (primary N) is 1. The molecule has 10 heavy (non-hydrogen) atoms. The maximum atomic E-state index is 10.5. The molecule has 2 nitrogen and oxygen atoms in total. The molecule has 0 aromatic heterocycles. The fourth-order valence-electron chi connectivity index (χ4n) is 0.478. The molecule has 60 valence electrons. The first kappa shape index (κ1) is 10.3. The molecule has 0 aromatic carbocycles. The smallest absolute Gasteiger partial charge is 0.202 e. The van der Waals surface area contributed by atoms with Crippen LogP contribution in [0.4, 0.5) is 0 Å². The molecule has 0 aliphatic heterocycles. The number of carbonyl (C=O) groups excluding carboxylic acids is 1. The Morgan fingerprint density at radius 1 is 1.80 bits per heavy atom. The summed E-state index contributed by atoms with van der Waals surface area (Å²) in [7, 11) is 0. The zero-order valence-corrected chi connectivity index (χ0v) is 7.75. The van der Waals surface area contributed by atoms with Gasteiger partial charge in [-0.25, -0.2) is 0 Å². The molecular formula is C6H13NOS2. The van der Waals surface area contributed by atoms with E-state index in [1.54, 1.807) is 11.8 Å². The van der Waals surface area contributed by atoms with Crippen molar-refractivity contribution in [3.63, 3.8) is 0 Å². The summed E-state index contributed by atoms with van der Waals surface area (Å²) in [6.45, 7) is 2.08. The van der Waals surface area contributed by atoms with Gasteiger partial charge in [-0.2, -0.15) is 11.8 Å². The Bertz CT molecular complexity index is 108. The van der Waals surface area contributed by atoms with Crippen LogP contribution in [0.25, 0.3) is 0 Å². The minimum atomic E-state index is -0.373. The van der Waals surface area contributed by atoms with Crippen LogP contribution >= 0.6 is 24.4 Å². The fourth-order valence-corrected chi connectivity index (χ4v) is 1.32. The zero-order valence-electron chi connectivity index (χ0n) is 6.04. The molecule has 0 rings (SSSR count). The van der Waals surface area contributed by atoms with Crippen LogP contribution in [0.5, 0.6) is 0 Å². The van der Waals surface area contributed by atoms with Crippen molar-refractivity contribution >= 4 is 29.5 Å². The molecule has 2 N–H and O–H groups in total. The minimum Gasteiger partial charge on any atom is -0.321 e. The van der Waals surface area contributed by atoms with Crippen LogP contribution in [-0.4, -0.2) is 22.7 Å². The second-order valence-corrected chi connectivity index (χ2v) is 3.76. The molecule has 1 atom stereocenters. The number of thioether (sulfide) groups is 1. The molecule has 0 aliphatic carbocycles. The van der Waals surface area contributed by atoms with Gasteiger partial charge in [0.15, 0.2) is 0 Å². The first-order chi connectivity index (χ1) is 4.68. The Hall–Kier alpha value is 0.330. The fraction of sp³-hybridized carbons (Fsp3) is 0.833. The van der Waals surface area contributed by atoms with Gasteiger partial charge < -0.3 is 5.73 Å². The summed E-state index contributed by atoms with van der Waals surface area (Å²) in [5, 5.41) is -0.211. The molecule has 0 saturated heterocycles. The highest BCUT2D eigenvalue weighted by molar-refractivity contribution is 7.99. The van der Waals surface area contributed by atoms with E-state index in [0.29, 0.717) is 0 Å². The average molecular weight is 179 g/mol. The van der Waals surface area contributed by atoms with Crippen LogP contribution < -0.4 is 5.73 Å². The maximum absolute atomic E-state index is 10.5. The first-order valence-electron chi connectivity index (χ1n) is 3.24. The maximum Gasteiger partial charge on any atom is 0.202 e. The van der Waals surface area contributed by atoms with E-state index in [1.165, 1.54) is 0 Å². The molecule has 0 heterocycles. The third-order valence-electron chi connectivity index (χ3n) is 1.09. The predicted octanol–water partition coefficient (Wildman–Crippen LogP) is 0.913. The van der Waals surface area contributed by atoms with Gasteiger partial charge in [-0.15, -0.1) is 12.6 Å². The molecule has 0 saturated carbocycles. The van der Waals surface area contributed by atoms with Crippen molar-refractivity contribution in [2.24, 2.45) is 5.73 Å². The quantitative estimate of drug-likeness (QED) is 0.487. The standard InChI is InChI=1S/C6H13NOS2/c1-2-10-4-3-5(7)6(8)9/h5H,2-4,7H2,1H3,(H,8,9)/t5-/m0/s1. The summed E-state index contributed by atoms with van der Waals surface area (Å²) in [4.78, 5) is 10.5. The van der Waals surface area contributed by atoms with Gasteiger partial charge in [-0.3, -0.25) is 4.79 Å².